The first-order valence-electron chi connectivity index (χ1n) is 7.47. The number of nitrogens with one attached hydrogen (secondary N) is 1. The summed E-state index contributed by atoms with van der Waals surface area (Å²) >= 11 is 0. The van der Waals surface area contributed by atoms with Gasteiger partial charge in [-0.2, -0.15) is 0 Å². The number of aromatic nitrogens is 1. The van der Waals surface area contributed by atoms with Crippen LogP contribution in [0.25, 0.3) is 11.3 Å². The zero-order chi connectivity index (χ0) is 17.0. The van der Waals surface area contributed by atoms with Crippen LogP contribution < -0.4 is 5.32 Å². The Labute approximate surface area is 135 Å². The monoisotopic (exact) mass is 318 g/mol. The smallest absolute Gasteiger partial charge is 0.257 e. The average molecular weight is 318 g/mol. The number of carbonyl (C=O) groups excluding carboxylic acids is 1. The van der Waals surface area contributed by atoms with Crippen molar-refractivity contribution in [3.05, 3.63) is 41.6 Å². The van der Waals surface area contributed by atoms with Crippen LogP contribution in [0.15, 0.2) is 34.9 Å². The van der Waals surface area contributed by atoms with Crippen molar-refractivity contribution in [2.75, 3.05) is 13.2 Å². The van der Waals surface area contributed by atoms with E-state index in [2.05, 4.69) is 10.5 Å². The summed E-state index contributed by atoms with van der Waals surface area (Å²) in [6, 6.07) is 9.26. The Kier molecular flexibility index (Phi) is 5.18. The molecule has 1 aromatic heterocycles. The van der Waals surface area contributed by atoms with Crippen molar-refractivity contribution < 1.29 is 19.5 Å². The van der Waals surface area contributed by atoms with Crippen molar-refractivity contribution in [3.8, 4) is 11.3 Å². The molecule has 0 saturated carbocycles. The summed E-state index contributed by atoms with van der Waals surface area (Å²) in [5.74, 6) is 0.00837. The van der Waals surface area contributed by atoms with Gasteiger partial charge in [0, 0.05) is 17.5 Å². The van der Waals surface area contributed by atoms with Crippen LogP contribution in [0.1, 0.15) is 36.8 Å². The molecule has 0 bridgehead atoms. The number of nitrogens with zero attached hydrogens (tertiary/aromatic N) is 1. The molecular weight excluding hydrogens is 296 g/mol. The van der Waals surface area contributed by atoms with Crippen LogP contribution >= 0.6 is 0 Å². The Morgan fingerprint density at radius 2 is 1.96 bits per heavy atom. The first kappa shape index (κ1) is 17.2. The molecule has 0 aliphatic carbocycles. The molecule has 1 atom stereocenters. The van der Waals surface area contributed by atoms with E-state index in [0.29, 0.717) is 17.0 Å². The number of hydrogen-bond acceptors (Lipinski definition) is 5. The third-order valence-electron chi connectivity index (χ3n) is 3.37. The molecule has 0 saturated heterocycles. The quantitative estimate of drug-likeness (QED) is 0.780. The van der Waals surface area contributed by atoms with Crippen molar-refractivity contribution in [2.45, 2.75) is 32.3 Å². The fourth-order valence-electron chi connectivity index (χ4n) is 2.16. The number of amides is 1. The minimum atomic E-state index is -1.00. The highest BCUT2D eigenvalue weighted by Gasteiger charge is 2.31. The lowest BCUT2D eigenvalue weighted by Gasteiger charge is -2.17. The molecule has 3 N–H and O–H groups in total. The molecule has 2 aromatic rings. The van der Waals surface area contributed by atoms with Gasteiger partial charge in [0.1, 0.15) is 11.3 Å². The highest BCUT2D eigenvalue weighted by molar-refractivity contribution is 6.00. The van der Waals surface area contributed by atoms with Crippen molar-refractivity contribution in [1.29, 1.82) is 0 Å². The fourth-order valence-corrected chi connectivity index (χ4v) is 2.16. The van der Waals surface area contributed by atoms with Gasteiger partial charge in [-0.05, 0) is 0 Å². The Bertz CT molecular complexity index is 659. The molecule has 6 heteroatoms. The molecule has 0 aliphatic rings. The standard InChI is InChI=1S/C17H22N2O4/c1-17(2,3)15-13(16(22)18-9-12(21)10-20)14(23-19-15)11-7-5-4-6-8-11/h4-8,12,20-21H,9-10H2,1-3H3,(H,18,22). The Balaban J connectivity index is 2.42. The third kappa shape index (κ3) is 3.97. The Morgan fingerprint density at radius 3 is 2.52 bits per heavy atom. The molecule has 2 rings (SSSR count). The number of carbonyl (C=O) groups is 1. The van der Waals surface area contributed by atoms with Gasteiger partial charge in [0.15, 0.2) is 5.76 Å². The van der Waals surface area contributed by atoms with Gasteiger partial charge in [-0.15, -0.1) is 0 Å². The van der Waals surface area contributed by atoms with Crippen molar-refractivity contribution in [1.82, 2.24) is 10.5 Å². The van der Waals surface area contributed by atoms with Crippen LogP contribution in [-0.4, -0.2) is 40.5 Å². The topological polar surface area (TPSA) is 95.6 Å². The summed E-state index contributed by atoms with van der Waals surface area (Å²) in [4.78, 5) is 12.6. The van der Waals surface area contributed by atoms with Crippen LogP contribution in [0.2, 0.25) is 0 Å². The van der Waals surface area contributed by atoms with Gasteiger partial charge in [0.2, 0.25) is 0 Å². The summed E-state index contributed by atoms with van der Waals surface area (Å²) in [7, 11) is 0. The van der Waals surface area contributed by atoms with E-state index in [0.717, 1.165) is 5.56 Å². The molecule has 0 fully saturated rings. The molecule has 1 unspecified atom stereocenters. The summed E-state index contributed by atoms with van der Waals surface area (Å²) in [5, 5.41) is 25.0. The molecule has 23 heavy (non-hydrogen) atoms. The first-order chi connectivity index (χ1) is 10.8. The minimum absolute atomic E-state index is 0.0433. The van der Waals surface area contributed by atoms with Crippen molar-refractivity contribution in [2.24, 2.45) is 0 Å². The second kappa shape index (κ2) is 6.93. The lowest BCUT2D eigenvalue weighted by atomic mass is 9.87. The summed E-state index contributed by atoms with van der Waals surface area (Å²) in [5.41, 5.74) is 1.28. The highest BCUT2D eigenvalue weighted by Crippen LogP contribution is 2.32. The Morgan fingerprint density at radius 1 is 1.30 bits per heavy atom. The summed E-state index contributed by atoms with van der Waals surface area (Å²) in [6.45, 7) is 5.37. The number of rotatable bonds is 5. The first-order valence-corrected chi connectivity index (χ1v) is 7.47. The SMILES string of the molecule is CC(C)(C)c1noc(-c2ccccc2)c1C(=O)NCC(O)CO. The van der Waals surface area contributed by atoms with Crippen LogP contribution in [0.5, 0.6) is 0 Å². The number of benzene rings is 1. The maximum atomic E-state index is 12.6. The third-order valence-corrected chi connectivity index (χ3v) is 3.37. The van der Waals surface area contributed by atoms with E-state index in [1.165, 1.54) is 0 Å². The molecule has 124 valence electrons. The van der Waals surface area contributed by atoms with Gasteiger partial charge in [-0.25, -0.2) is 0 Å². The van der Waals surface area contributed by atoms with Gasteiger partial charge in [-0.3, -0.25) is 4.79 Å². The maximum Gasteiger partial charge on any atom is 0.257 e. The van der Waals surface area contributed by atoms with E-state index in [9.17, 15) is 9.90 Å². The average Bonchev–Trinajstić information content (AvgIpc) is 2.98. The van der Waals surface area contributed by atoms with Gasteiger partial charge < -0.3 is 20.1 Å². The van der Waals surface area contributed by atoms with Crippen LogP contribution in [0, 0.1) is 0 Å². The number of hydrogen-bond donors (Lipinski definition) is 3. The maximum absolute atomic E-state index is 12.6. The second-order valence-electron chi connectivity index (χ2n) is 6.40. The zero-order valence-electron chi connectivity index (χ0n) is 13.5. The largest absolute Gasteiger partial charge is 0.394 e. The fraction of sp³-hybridized carbons (Fsp3) is 0.412. The van der Waals surface area contributed by atoms with E-state index in [1.807, 2.05) is 51.1 Å². The van der Waals surface area contributed by atoms with E-state index in [1.54, 1.807) is 0 Å². The van der Waals surface area contributed by atoms with Gasteiger partial charge in [-0.1, -0.05) is 56.3 Å². The predicted molar refractivity (Wildman–Crippen MR) is 86.1 cm³/mol. The molecule has 1 heterocycles. The molecule has 1 aromatic carbocycles. The van der Waals surface area contributed by atoms with Crippen LogP contribution in [0.4, 0.5) is 0 Å². The van der Waals surface area contributed by atoms with Gasteiger partial charge in [0.05, 0.1) is 12.7 Å². The lowest BCUT2D eigenvalue weighted by Crippen LogP contribution is -2.35. The Hall–Kier alpha value is -2.18. The molecule has 0 spiro atoms. The van der Waals surface area contributed by atoms with Crippen LogP contribution in [-0.2, 0) is 5.41 Å². The normalized spacial score (nSPS) is 12.9. The van der Waals surface area contributed by atoms with E-state index in [4.69, 9.17) is 9.63 Å². The summed E-state index contributed by atoms with van der Waals surface area (Å²) in [6.07, 6.45) is -1.00. The van der Waals surface area contributed by atoms with Gasteiger partial charge >= 0.3 is 0 Å². The molecule has 0 radical (unpaired) electrons. The van der Waals surface area contributed by atoms with Gasteiger partial charge in [0.25, 0.3) is 5.91 Å². The van der Waals surface area contributed by atoms with Crippen molar-refractivity contribution >= 4 is 5.91 Å². The summed E-state index contributed by atoms with van der Waals surface area (Å²) < 4.78 is 5.44. The predicted octanol–water partition coefficient (Wildman–Crippen LogP) is 1.72. The lowest BCUT2D eigenvalue weighted by molar-refractivity contribution is 0.0801. The molecular formula is C17H22N2O4. The van der Waals surface area contributed by atoms with E-state index < -0.39 is 12.7 Å². The van der Waals surface area contributed by atoms with E-state index in [-0.39, 0.29) is 17.9 Å². The van der Waals surface area contributed by atoms with E-state index >= 15 is 0 Å². The molecule has 6 nitrogen and oxygen atoms in total. The van der Waals surface area contributed by atoms with Crippen LogP contribution in [0.3, 0.4) is 0 Å². The minimum Gasteiger partial charge on any atom is -0.394 e. The number of aliphatic hydroxyl groups is 2. The zero-order valence-corrected chi connectivity index (χ0v) is 13.5. The number of aliphatic hydroxyl groups excluding tert-OH is 2. The molecule has 1 amide bonds. The molecule has 0 aliphatic heterocycles. The van der Waals surface area contributed by atoms with Crippen molar-refractivity contribution in [3.63, 3.8) is 0 Å². The highest BCUT2D eigenvalue weighted by atomic mass is 16.5. The second-order valence-corrected chi connectivity index (χ2v) is 6.40.